The second-order valence-corrected chi connectivity index (χ2v) is 5.44. The lowest BCUT2D eigenvalue weighted by molar-refractivity contribution is -0.122. The number of hydrogen-bond donors (Lipinski definition) is 1. The molecule has 0 saturated carbocycles. The van der Waals surface area contributed by atoms with Crippen LogP contribution in [0, 0.1) is 6.92 Å². The van der Waals surface area contributed by atoms with Crippen molar-refractivity contribution in [2.75, 3.05) is 57.9 Å². The number of methoxy groups -OCH3 is 1. The van der Waals surface area contributed by atoms with Gasteiger partial charge in [0, 0.05) is 45.5 Å². The Bertz CT molecular complexity index is 457. The zero-order chi connectivity index (χ0) is 15.1. The number of anilines is 1. The Morgan fingerprint density at radius 1 is 1.29 bits per heavy atom. The molecule has 1 heterocycles. The fourth-order valence-corrected chi connectivity index (χ4v) is 2.54. The number of amides is 1. The predicted octanol–water partition coefficient (Wildman–Crippen LogP) is 0.880. The van der Waals surface area contributed by atoms with E-state index in [4.69, 9.17) is 4.74 Å². The van der Waals surface area contributed by atoms with Crippen LogP contribution in [0.25, 0.3) is 0 Å². The van der Waals surface area contributed by atoms with Gasteiger partial charge in [-0.1, -0.05) is 12.1 Å². The van der Waals surface area contributed by atoms with Crippen LogP contribution in [-0.2, 0) is 9.53 Å². The SMILES string of the molecule is COCCNC(=O)CN1CCN(c2cccc(C)c2)CC1. The molecule has 1 amide bonds. The Morgan fingerprint density at radius 3 is 2.71 bits per heavy atom. The molecule has 1 aliphatic rings. The molecule has 1 N–H and O–H groups in total. The van der Waals surface area contributed by atoms with Crippen molar-refractivity contribution in [3.8, 4) is 0 Å². The summed E-state index contributed by atoms with van der Waals surface area (Å²) < 4.78 is 4.92. The summed E-state index contributed by atoms with van der Waals surface area (Å²) in [6.45, 7) is 7.52. The highest BCUT2D eigenvalue weighted by molar-refractivity contribution is 5.78. The van der Waals surface area contributed by atoms with Crippen molar-refractivity contribution in [2.45, 2.75) is 6.92 Å². The Hall–Kier alpha value is -1.59. The van der Waals surface area contributed by atoms with Gasteiger partial charge >= 0.3 is 0 Å². The minimum absolute atomic E-state index is 0.0797. The molecule has 0 bridgehead atoms. The van der Waals surface area contributed by atoms with Crippen molar-refractivity contribution >= 4 is 11.6 Å². The van der Waals surface area contributed by atoms with Crippen molar-refractivity contribution in [1.29, 1.82) is 0 Å². The molecule has 1 aromatic carbocycles. The highest BCUT2D eigenvalue weighted by Gasteiger charge is 2.18. The topological polar surface area (TPSA) is 44.8 Å². The normalized spacial score (nSPS) is 16.0. The van der Waals surface area contributed by atoms with Crippen molar-refractivity contribution < 1.29 is 9.53 Å². The molecule has 1 aliphatic heterocycles. The van der Waals surface area contributed by atoms with E-state index in [2.05, 4.69) is 46.3 Å². The van der Waals surface area contributed by atoms with Crippen LogP contribution in [0.5, 0.6) is 0 Å². The van der Waals surface area contributed by atoms with E-state index in [9.17, 15) is 4.79 Å². The monoisotopic (exact) mass is 291 g/mol. The first-order chi connectivity index (χ1) is 10.2. The summed E-state index contributed by atoms with van der Waals surface area (Å²) in [6, 6.07) is 8.58. The predicted molar refractivity (Wildman–Crippen MR) is 84.7 cm³/mol. The van der Waals surface area contributed by atoms with E-state index in [1.165, 1.54) is 11.3 Å². The molecule has 116 valence electrons. The summed E-state index contributed by atoms with van der Waals surface area (Å²) in [5, 5.41) is 2.86. The zero-order valence-electron chi connectivity index (χ0n) is 13.0. The quantitative estimate of drug-likeness (QED) is 0.790. The van der Waals surface area contributed by atoms with Gasteiger partial charge < -0.3 is 15.0 Å². The van der Waals surface area contributed by atoms with Crippen molar-refractivity contribution in [1.82, 2.24) is 10.2 Å². The van der Waals surface area contributed by atoms with Gasteiger partial charge in [-0.3, -0.25) is 9.69 Å². The van der Waals surface area contributed by atoms with E-state index < -0.39 is 0 Å². The van der Waals surface area contributed by atoms with Crippen molar-refractivity contribution in [2.24, 2.45) is 0 Å². The summed E-state index contributed by atoms with van der Waals surface area (Å²) in [5.41, 5.74) is 2.56. The van der Waals surface area contributed by atoms with E-state index in [0.29, 0.717) is 19.7 Å². The third-order valence-corrected chi connectivity index (χ3v) is 3.73. The van der Waals surface area contributed by atoms with Gasteiger partial charge in [0.25, 0.3) is 0 Å². The number of nitrogens with zero attached hydrogens (tertiary/aromatic N) is 2. The highest BCUT2D eigenvalue weighted by Crippen LogP contribution is 2.17. The Morgan fingerprint density at radius 2 is 2.05 bits per heavy atom. The molecule has 2 rings (SSSR count). The summed E-state index contributed by atoms with van der Waals surface area (Å²) >= 11 is 0. The number of piperazine rings is 1. The minimum atomic E-state index is 0.0797. The van der Waals surface area contributed by atoms with Crippen LogP contribution < -0.4 is 10.2 Å². The van der Waals surface area contributed by atoms with Crippen LogP contribution >= 0.6 is 0 Å². The maximum atomic E-state index is 11.8. The van der Waals surface area contributed by atoms with Crippen LogP contribution in [0.4, 0.5) is 5.69 Å². The Labute approximate surface area is 126 Å². The molecular formula is C16H25N3O2. The van der Waals surface area contributed by atoms with E-state index in [1.54, 1.807) is 7.11 Å². The number of nitrogens with one attached hydrogen (secondary N) is 1. The molecule has 0 aromatic heterocycles. The maximum Gasteiger partial charge on any atom is 0.234 e. The van der Waals surface area contributed by atoms with Crippen molar-refractivity contribution in [3.63, 3.8) is 0 Å². The Balaban J connectivity index is 1.74. The molecule has 0 spiro atoms. The molecule has 5 nitrogen and oxygen atoms in total. The van der Waals surface area contributed by atoms with Gasteiger partial charge in [0.05, 0.1) is 13.2 Å². The van der Waals surface area contributed by atoms with Gasteiger partial charge in [0.1, 0.15) is 0 Å². The average molecular weight is 291 g/mol. The number of rotatable bonds is 6. The van der Waals surface area contributed by atoms with Crippen LogP contribution in [0.1, 0.15) is 5.56 Å². The summed E-state index contributed by atoms with van der Waals surface area (Å²) in [5.74, 6) is 0.0797. The number of aryl methyl sites for hydroxylation is 1. The number of benzene rings is 1. The van der Waals surface area contributed by atoms with Crippen molar-refractivity contribution in [3.05, 3.63) is 29.8 Å². The van der Waals surface area contributed by atoms with Gasteiger partial charge in [-0.2, -0.15) is 0 Å². The molecule has 21 heavy (non-hydrogen) atoms. The highest BCUT2D eigenvalue weighted by atomic mass is 16.5. The van der Waals surface area contributed by atoms with E-state index in [0.717, 1.165) is 26.2 Å². The summed E-state index contributed by atoms with van der Waals surface area (Å²) in [7, 11) is 1.64. The number of carbonyl (C=O) groups excluding carboxylic acids is 1. The molecule has 1 aromatic rings. The van der Waals surface area contributed by atoms with Gasteiger partial charge in [-0.05, 0) is 24.6 Å². The van der Waals surface area contributed by atoms with Gasteiger partial charge in [-0.15, -0.1) is 0 Å². The first kappa shape index (κ1) is 15.8. The lowest BCUT2D eigenvalue weighted by atomic mass is 10.2. The molecule has 1 saturated heterocycles. The van der Waals surface area contributed by atoms with Crippen LogP contribution in [0.2, 0.25) is 0 Å². The third-order valence-electron chi connectivity index (χ3n) is 3.73. The fourth-order valence-electron chi connectivity index (χ4n) is 2.54. The maximum absolute atomic E-state index is 11.8. The van der Waals surface area contributed by atoms with Crippen LogP contribution in [-0.4, -0.2) is 63.8 Å². The molecule has 0 radical (unpaired) electrons. The fraction of sp³-hybridized carbons (Fsp3) is 0.562. The second kappa shape index (κ2) is 8.00. The molecule has 0 aliphatic carbocycles. The minimum Gasteiger partial charge on any atom is -0.383 e. The molecule has 0 unspecified atom stereocenters. The number of carbonyl (C=O) groups is 1. The standard InChI is InChI=1S/C16H25N3O2/c1-14-4-3-5-15(12-14)19-9-7-18(8-10-19)13-16(20)17-6-11-21-2/h3-5,12H,6-11,13H2,1-2H3,(H,17,20). The summed E-state index contributed by atoms with van der Waals surface area (Å²) in [4.78, 5) is 16.3. The van der Waals surface area contributed by atoms with Gasteiger partial charge in [0.15, 0.2) is 0 Å². The van der Waals surface area contributed by atoms with E-state index in [1.807, 2.05) is 0 Å². The number of ether oxygens (including phenoxy) is 1. The lowest BCUT2D eigenvalue weighted by Gasteiger charge is -2.35. The first-order valence-electron chi connectivity index (χ1n) is 7.48. The molecule has 0 atom stereocenters. The molecule has 5 heteroatoms. The summed E-state index contributed by atoms with van der Waals surface area (Å²) in [6.07, 6.45) is 0. The van der Waals surface area contributed by atoms with Gasteiger partial charge in [-0.25, -0.2) is 0 Å². The average Bonchev–Trinajstić information content (AvgIpc) is 2.48. The lowest BCUT2D eigenvalue weighted by Crippen LogP contribution is -2.49. The first-order valence-corrected chi connectivity index (χ1v) is 7.48. The van der Waals surface area contributed by atoms with E-state index in [-0.39, 0.29) is 5.91 Å². The van der Waals surface area contributed by atoms with E-state index >= 15 is 0 Å². The largest absolute Gasteiger partial charge is 0.383 e. The smallest absolute Gasteiger partial charge is 0.234 e. The van der Waals surface area contributed by atoms with Crippen LogP contribution in [0.3, 0.4) is 0 Å². The Kier molecular flexibility index (Phi) is 6.02. The van der Waals surface area contributed by atoms with Crippen LogP contribution in [0.15, 0.2) is 24.3 Å². The third kappa shape index (κ3) is 5.02. The van der Waals surface area contributed by atoms with Gasteiger partial charge in [0.2, 0.25) is 5.91 Å². The zero-order valence-corrected chi connectivity index (χ0v) is 13.0. The second-order valence-electron chi connectivity index (χ2n) is 5.44. The molecule has 1 fully saturated rings. The number of hydrogen-bond acceptors (Lipinski definition) is 4. The molecular weight excluding hydrogens is 266 g/mol.